The molecule has 1 aliphatic heterocycles. The molecular weight excluding hydrogens is 514 g/mol. The van der Waals surface area contributed by atoms with Crippen LogP contribution in [0.1, 0.15) is 49.9 Å². The Balaban J connectivity index is 1.66. The SMILES string of the molecule is CCOC(=O)Cn1c(=NC(=O)c2ccc(S(=O)(=O)N3CCCCC3CC)cc2)sc2cc(OC)ccc21. The molecule has 1 atom stereocenters. The Labute approximate surface area is 220 Å². The number of ether oxygens (including phenoxy) is 2. The summed E-state index contributed by atoms with van der Waals surface area (Å²) in [7, 11) is -2.08. The number of thiazole rings is 1. The third-order valence-corrected chi connectivity index (χ3v) is 9.44. The van der Waals surface area contributed by atoms with E-state index in [2.05, 4.69) is 4.99 Å². The van der Waals surface area contributed by atoms with Gasteiger partial charge in [-0.05, 0) is 68.7 Å². The van der Waals surface area contributed by atoms with Gasteiger partial charge in [-0.1, -0.05) is 24.7 Å². The Morgan fingerprint density at radius 2 is 1.86 bits per heavy atom. The average molecular weight is 546 g/mol. The minimum absolute atomic E-state index is 0.00325. The summed E-state index contributed by atoms with van der Waals surface area (Å²) in [4.78, 5) is 30.1. The van der Waals surface area contributed by atoms with Gasteiger partial charge in [-0.2, -0.15) is 9.30 Å². The average Bonchev–Trinajstić information content (AvgIpc) is 3.24. The molecule has 0 aliphatic carbocycles. The molecule has 198 valence electrons. The number of rotatable bonds is 8. The molecule has 1 saturated heterocycles. The zero-order valence-electron chi connectivity index (χ0n) is 21.2. The van der Waals surface area contributed by atoms with E-state index in [1.165, 1.54) is 35.6 Å². The molecule has 37 heavy (non-hydrogen) atoms. The lowest BCUT2D eigenvalue weighted by Crippen LogP contribution is -2.43. The van der Waals surface area contributed by atoms with Gasteiger partial charge in [0.1, 0.15) is 12.3 Å². The first kappa shape index (κ1) is 27.0. The van der Waals surface area contributed by atoms with Gasteiger partial charge in [0.2, 0.25) is 10.0 Å². The van der Waals surface area contributed by atoms with Crippen molar-refractivity contribution >= 4 is 43.5 Å². The molecule has 3 aromatic rings. The molecule has 4 rings (SSSR count). The van der Waals surface area contributed by atoms with Gasteiger partial charge >= 0.3 is 5.97 Å². The van der Waals surface area contributed by atoms with Gasteiger partial charge in [0, 0.05) is 18.2 Å². The third kappa shape index (κ3) is 5.78. The van der Waals surface area contributed by atoms with Crippen LogP contribution in [0.2, 0.25) is 0 Å². The number of amides is 1. The number of carbonyl (C=O) groups is 2. The Bertz CT molecular complexity index is 1460. The number of hydrogen-bond donors (Lipinski definition) is 0. The monoisotopic (exact) mass is 545 g/mol. The van der Waals surface area contributed by atoms with Crippen LogP contribution in [0.3, 0.4) is 0 Å². The fourth-order valence-corrected chi connectivity index (χ4v) is 7.33. The quantitative estimate of drug-likeness (QED) is 0.397. The smallest absolute Gasteiger partial charge is 0.326 e. The van der Waals surface area contributed by atoms with Crippen molar-refractivity contribution in [2.45, 2.75) is 57.0 Å². The van der Waals surface area contributed by atoms with E-state index in [9.17, 15) is 18.0 Å². The van der Waals surface area contributed by atoms with E-state index < -0.39 is 21.9 Å². The minimum Gasteiger partial charge on any atom is -0.497 e. The molecule has 0 radical (unpaired) electrons. The summed E-state index contributed by atoms with van der Waals surface area (Å²) in [6.45, 7) is 4.38. The number of aromatic nitrogens is 1. The van der Waals surface area contributed by atoms with Crippen molar-refractivity contribution in [3.05, 3.63) is 52.8 Å². The largest absolute Gasteiger partial charge is 0.497 e. The van der Waals surface area contributed by atoms with Crippen LogP contribution in [0, 0.1) is 0 Å². The van der Waals surface area contributed by atoms with Gasteiger partial charge in [0.15, 0.2) is 4.80 Å². The maximum Gasteiger partial charge on any atom is 0.326 e. The Hall–Kier alpha value is -3.02. The molecular formula is C26H31N3O6S2. The van der Waals surface area contributed by atoms with Crippen molar-refractivity contribution in [2.75, 3.05) is 20.3 Å². The molecule has 1 unspecified atom stereocenters. The summed E-state index contributed by atoms with van der Waals surface area (Å²) < 4.78 is 40.9. The molecule has 11 heteroatoms. The summed E-state index contributed by atoms with van der Waals surface area (Å²) in [5.74, 6) is -0.334. The number of carbonyl (C=O) groups excluding carboxylic acids is 2. The summed E-state index contributed by atoms with van der Waals surface area (Å²) >= 11 is 1.25. The highest BCUT2D eigenvalue weighted by atomic mass is 32.2. The van der Waals surface area contributed by atoms with Gasteiger partial charge < -0.3 is 14.0 Å². The number of benzene rings is 2. The van der Waals surface area contributed by atoms with Gasteiger partial charge in [-0.3, -0.25) is 9.59 Å². The number of piperidine rings is 1. The standard InChI is InChI=1S/C26H31N3O6S2/c1-4-19-8-6-7-15-29(19)37(32,33)21-12-9-18(10-13-21)25(31)27-26-28(17-24(30)35-5-2)22-14-11-20(34-3)16-23(22)36-26/h9-14,16,19H,4-8,15,17H2,1-3H3. The fourth-order valence-electron chi connectivity index (χ4n) is 4.51. The van der Waals surface area contributed by atoms with E-state index in [0.717, 1.165) is 35.9 Å². The van der Waals surface area contributed by atoms with Crippen LogP contribution in [0.25, 0.3) is 10.2 Å². The van der Waals surface area contributed by atoms with Crippen LogP contribution in [0.4, 0.5) is 0 Å². The Morgan fingerprint density at radius 1 is 1.11 bits per heavy atom. The fraction of sp³-hybridized carbons (Fsp3) is 0.423. The summed E-state index contributed by atoms with van der Waals surface area (Å²) in [6.07, 6.45) is 3.50. The predicted octanol–water partition coefficient (Wildman–Crippen LogP) is 3.97. The van der Waals surface area contributed by atoms with E-state index >= 15 is 0 Å². The van der Waals surface area contributed by atoms with Crippen molar-refractivity contribution in [2.24, 2.45) is 4.99 Å². The van der Waals surface area contributed by atoms with Crippen molar-refractivity contribution in [3.8, 4) is 5.75 Å². The topological polar surface area (TPSA) is 107 Å². The number of nitrogens with zero attached hydrogens (tertiary/aromatic N) is 3. The number of methoxy groups -OCH3 is 1. The van der Waals surface area contributed by atoms with Crippen molar-refractivity contribution in [1.82, 2.24) is 8.87 Å². The lowest BCUT2D eigenvalue weighted by Gasteiger charge is -2.34. The lowest BCUT2D eigenvalue weighted by atomic mass is 10.0. The minimum atomic E-state index is -3.65. The van der Waals surface area contributed by atoms with Gasteiger partial charge in [-0.25, -0.2) is 8.42 Å². The maximum atomic E-state index is 13.2. The van der Waals surface area contributed by atoms with E-state index in [-0.39, 0.29) is 29.7 Å². The molecule has 2 aromatic carbocycles. The second-order valence-electron chi connectivity index (χ2n) is 8.72. The second kappa shape index (κ2) is 11.6. The predicted molar refractivity (Wildman–Crippen MR) is 141 cm³/mol. The molecule has 0 spiro atoms. The highest BCUT2D eigenvalue weighted by Crippen LogP contribution is 2.27. The van der Waals surface area contributed by atoms with Gasteiger partial charge in [-0.15, -0.1) is 0 Å². The van der Waals surface area contributed by atoms with Crippen LogP contribution >= 0.6 is 11.3 Å². The van der Waals surface area contributed by atoms with Crippen molar-refractivity contribution in [1.29, 1.82) is 0 Å². The molecule has 0 saturated carbocycles. The zero-order chi connectivity index (χ0) is 26.6. The van der Waals surface area contributed by atoms with Gasteiger partial charge in [0.25, 0.3) is 5.91 Å². The van der Waals surface area contributed by atoms with Crippen LogP contribution in [-0.4, -0.2) is 55.5 Å². The lowest BCUT2D eigenvalue weighted by molar-refractivity contribution is -0.143. The van der Waals surface area contributed by atoms with E-state index in [1.807, 2.05) is 13.0 Å². The third-order valence-electron chi connectivity index (χ3n) is 6.43. The molecule has 1 fully saturated rings. The number of sulfonamides is 1. The molecule has 0 bridgehead atoms. The highest BCUT2D eigenvalue weighted by Gasteiger charge is 2.32. The molecule has 1 aromatic heterocycles. The molecule has 2 heterocycles. The summed E-state index contributed by atoms with van der Waals surface area (Å²) in [5.41, 5.74) is 0.973. The number of fused-ring (bicyclic) bond motifs is 1. The summed E-state index contributed by atoms with van der Waals surface area (Å²) in [6, 6.07) is 11.3. The maximum absolute atomic E-state index is 13.2. The molecule has 1 amide bonds. The molecule has 0 N–H and O–H groups in total. The molecule has 9 nitrogen and oxygen atoms in total. The first-order valence-corrected chi connectivity index (χ1v) is 14.6. The first-order chi connectivity index (χ1) is 17.8. The van der Waals surface area contributed by atoms with Crippen LogP contribution in [0.5, 0.6) is 5.75 Å². The second-order valence-corrected chi connectivity index (χ2v) is 11.6. The summed E-state index contributed by atoms with van der Waals surface area (Å²) in [5, 5.41) is 0. The highest BCUT2D eigenvalue weighted by molar-refractivity contribution is 7.89. The van der Waals surface area contributed by atoms with E-state index in [4.69, 9.17) is 9.47 Å². The van der Waals surface area contributed by atoms with Crippen molar-refractivity contribution < 1.29 is 27.5 Å². The number of hydrogen-bond acceptors (Lipinski definition) is 7. The number of esters is 1. The zero-order valence-corrected chi connectivity index (χ0v) is 22.8. The van der Waals surface area contributed by atoms with Gasteiger partial charge in [0.05, 0.1) is 28.8 Å². The molecule has 1 aliphatic rings. The van der Waals surface area contributed by atoms with E-state index in [0.29, 0.717) is 17.1 Å². The van der Waals surface area contributed by atoms with Crippen LogP contribution in [-0.2, 0) is 26.1 Å². The van der Waals surface area contributed by atoms with Crippen LogP contribution in [0.15, 0.2) is 52.4 Å². The van der Waals surface area contributed by atoms with Crippen LogP contribution < -0.4 is 9.54 Å². The Kier molecular flexibility index (Phi) is 8.46. The van der Waals surface area contributed by atoms with E-state index in [1.54, 1.807) is 35.0 Å². The van der Waals surface area contributed by atoms with Crippen molar-refractivity contribution in [3.63, 3.8) is 0 Å². The Morgan fingerprint density at radius 3 is 2.54 bits per heavy atom. The normalized spacial score (nSPS) is 17.2. The first-order valence-electron chi connectivity index (χ1n) is 12.3.